The number of ether oxygens (including phenoxy) is 2. The number of hydrogen-bond donors (Lipinski definition) is 1. The van der Waals surface area contributed by atoms with Gasteiger partial charge in [-0.15, -0.1) is 0 Å². The Hall–Kier alpha value is -4.37. The fourth-order valence-electron chi connectivity index (χ4n) is 3.58. The molecule has 1 heterocycles. The van der Waals surface area contributed by atoms with Crippen molar-refractivity contribution in [2.45, 2.75) is 27.5 Å². The van der Waals surface area contributed by atoms with E-state index in [9.17, 15) is 14.9 Å². The summed E-state index contributed by atoms with van der Waals surface area (Å²) in [5, 5.41) is 18.9. The van der Waals surface area contributed by atoms with E-state index in [1.807, 2.05) is 32.0 Å². The number of benzene rings is 3. The smallest absolute Gasteiger partial charge is 0.276 e. The molecular formula is C26H23ClN4O5. The third-order valence-corrected chi connectivity index (χ3v) is 5.39. The maximum absolute atomic E-state index is 12.8. The summed E-state index contributed by atoms with van der Waals surface area (Å²) < 4.78 is 13.1. The van der Waals surface area contributed by atoms with Crippen LogP contribution >= 0.6 is 11.6 Å². The largest absolute Gasteiger partial charge is 0.471 e. The maximum Gasteiger partial charge on any atom is 0.276 e. The van der Waals surface area contributed by atoms with Gasteiger partial charge in [0.05, 0.1) is 16.7 Å². The molecule has 0 unspecified atom stereocenters. The molecule has 184 valence electrons. The molecule has 4 rings (SSSR count). The molecule has 10 heteroatoms. The first-order valence-corrected chi connectivity index (χ1v) is 11.3. The first kappa shape index (κ1) is 24.7. The molecule has 1 N–H and O–H groups in total. The molecule has 0 aliphatic heterocycles. The summed E-state index contributed by atoms with van der Waals surface area (Å²) in [4.78, 5) is 23.7. The zero-order valence-electron chi connectivity index (χ0n) is 19.8. The van der Waals surface area contributed by atoms with Crippen molar-refractivity contribution in [2.75, 3.05) is 5.32 Å². The second-order valence-corrected chi connectivity index (χ2v) is 8.71. The third-order valence-electron chi connectivity index (χ3n) is 5.16. The number of hydrogen-bond acceptors (Lipinski definition) is 6. The predicted octanol–water partition coefficient (Wildman–Crippen LogP) is 6.45. The van der Waals surface area contributed by atoms with Crippen LogP contribution < -0.4 is 14.8 Å². The number of anilines is 1. The van der Waals surface area contributed by atoms with Crippen LogP contribution in [0.3, 0.4) is 0 Å². The van der Waals surface area contributed by atoms with Gasteiger partial charge in [-0.1, -0.05) is 17.7 Å². The van der Waals surface area contributed by atoms with Gasteiger partial charge in [-0.05, 0) is 73.9 Å². The molecule has 1 aromatic heterocycles. The Morgan fingerprint density at radius 1 is 1.03 bits per heavy atom. The molecule has 0 atom stereocenters. The summed E-state index contributed by atoms with van der Waals surface area (Å²) in [5.74, 6) is 0.848. The average Bonchev–Trinajstić information content (AvgIpc) is 3.28. The van der Waals surface area contributed by atoms with Crippen molar-refractivity contribution in [1.82, 2.24) is 9.78 Å². The van der Waals surface area contributed by atoms with Crippen LogP contribution in [0.4, 0.5) is 11.4 Å². The Bertz CT molecular complexity index is 1430. The van der Waals surface area contributed by atoms with Gasteiger partial charge in [0.25, 0.3) is 11.6 Å². The monoisotopic (exact) mass is 506 g/mol. The van der Waals surface area contributed by atoms with Gasteiger partial charge >= 0.3 is 0 Å². The fraction of sp³-hybridized carbons (Fsp3) is 0.154. The van der Waals surface area contributed by atoms with E-state index in [0.29, 0.717) is 16.5 Å². The van der Waals surface area contributed by atoms with E-state index in [1.165, 1.54) is 28.9 Å². The second kappa shape index (κ2) is 10.5. The van der Waals surface area contributed by atoms with Gasteiger partial charge in [0.15, 0.2) is 12.4 Å². The van der Waals surface area contributed by atoms with Gasteiger partial charge in [0, 0.05) is 23.4 Å². The van der Waals surface area contributed by atoms with Crippen LogP contribution in [-0.2, 0) is 6.73 Å². The van der Waals surface area contributed by atoms with Crippen molar-refractivity contribution >= 4 is 28.9 Å². The van der Waals surface area contributed by atoms with Gasteiger partial charge in [0.2, 0.25) is 0 Å². The Morgan fingerprint density at radius 2 is 1.78 bits per heavy atom. The van der Waals surface area contributed by atoms with Gasteiger partial charge in [0.1, 0.15) is 17.2 Å². The summed E-state index contributed by atoms with van der Waals surface area (Å²) in [5.41, 5.74) is 3.00. The molecule has 4 aromatic rings. The van der Waals surface area contributed by atoms with Gasteiger partial charge in [-0.2, -0.15) is 5.10 Å². The van der Waals surface area contributed by atoms with Crippen molar-refractivity contribution in [3.63, 3.8) is 0 Å². The molecule has 1 amide bonds. The molecule has 9 nitrogen and oxygen atoms in total. The highest BCUT2D eigenvalue weighted by atomic mass is 35.5. The molecule has 0 bridgehead atoms. The van der Waals surface area contributed by atoms with Crippen LogP contribution in [0.5, 0.6) is 17.2 Å². The topological polar surface area (TPSA) is 109 Å². The van der Waals surface area contributed by atoms with E-state index in [4.69, 9.17) is 21.1 Å². The Morgan fingerprint density at radius 3 is 2.47 bits per heavy atom. The Kier molecular flexibility index (Phi) is 7.21. The van der Waals surface area contributed by atoms with Crippen LogP contribution in [0.2, 0.25) is 5.02 Å². The lowest BCUT2D eigenvalue weighted by molar-refractivity contribution is -0.384. The van der Waals surface area contributed by atoms with Crippen LogP contribution in [0, 0.1) is 30.9 Å². The van der Waals surface area contributed by atoms with Crippen molar-refractivity contribution in [3.05, 3.63) is 104 Å². The van der Waals surface area contributed by atoms with E-state index in [2.05, 4.69) is 10.4 Å². The van der Waals surface area contributed by atoms with Gasteiger partial charge < -0.3 is 14.8 Å². The highest BCUT2D eigenvalue weighted by molar-refractivity contribution is 6.30. The van der Waals surface area contributed by atoms with Crippen molar-refractivity contribution < 1.29 is 19.2 Å². The molecule has 3 aromatic carbocycles. The number of carbonyl (C=O) groups excluding carboxylic acids is 1. The summed E-state index contributed by atoms with van der Waals surface area (Å²) in [6, 6.07) is 16.5. The lowest BCUT2D eigenvalue weighted by Gasteiger charge is -2.11. The number of nitro benzene ring substituents is 1. The number of carbonyl (C=O) groups is 1. The standard InChI is InChI=1S/C26H23ClN4O5/c1-16-8-17(2)10-22(9-16)35-15-30-7-6-24(29-30)26(32)28-20-12-21(31(33)34)14-23(13-20)36-25-5-4-19(27)11-18(25)3/h4-14H,15H2,1-3H3,(H,28,32). The number of aryl methyl sites for hydroxylation is 3. The van der Waals surface area contributed by atoms with E-state index >= 15 is 0 Å². The Balaban J connectivity index is 1.48. The third kappa shape index (κ3) is 6.19. The number of halogens is 1. The van der Waals surface area contributed by atoms with Crippen LogP contribution in [0.15, 0.2) is 66.9 Å². The van der Waals surface area contributed by atoms with E-state index < -0.39 is 10.8 Å². The van der Waals surface area contributed by atoms with E-state index in [1.54, 1.807) is 31.3 Å². The molecule has 0 aliphatic rings. The lowest BCUT2D eigenvalue weighted by Crippen LogP contribution is -2.14. The first-order valence-electron chi connectivity index (χ1n) is 11.0. The van der Waals surface area contributed by atoms with E-state index in [-0.39, 0.29) is 29.5 Å². The molecule has 0 saturated carbocycles. The number of nitrogens with zero attached hydrogens (tertiary/aromatic N) is 3. The molecule has 36 heavy (non-hydrogen) atoms. The molecule has 0 aliphatic carbocycles. The molecule has 0 spiro atoms. The molecule has 0 radical (unpaired) electrons. The SMILES string of the molecule is Cc1cc(C)cc(OCn2ccc(C(=O)Nc3cc(Oc4ccc(Cl)cc4C)cc([N+](=O)[O-])c3)n2)c1. The van der Waals surface area contributed by atoms with Crippen molar-refractivity contribution in [3.8, 4) is 17.2 Å². The highest BCUT2D eigenvalue weighted by Gasteiger charge is 2.16. The maximum atomic E-state index is 12.8. The second-order valence-electron chi connectivity index (χ2n) is 8.28. The summed E-state index contributed by atoms with van der Waals surface area (Å²) >= 11 is 5.98. The number of nitro groups is 1. The number of non-ortho nitro benzene ring substituents is 1. The Labute approximate surface area is 212 Å². The molecule has 0 fully saturated rings. The minimum Gasteiger partial charge on any atom is -0.471 e. The quantitative estimate of drug-likeness (QED) is 0.217. The first-order chi connectivity index (χ1) is 17.2. The molecular weight excluding hydrogens is 484 g/mol. The number of amides is 1. The minimum atomic E-state index is -0.559. The van der Waals surface area contributed by atoms with Crippen molar-refractivity contribution in [2.24, 2.45) is 0 Å². The fourth-order valence-corrected chi connectivity index (χ4v) is 3.81. The normalized spacial score (nSPS) is 10.7. The van der Waals surface area contributed by atoms with Crippen LogP contribution in [0.1, 0.15) is 27.2 Å². The average molecular weight is 507 g/mol. The van der Waals surface area contributed by atoms with Gasteiger partial charge in [-0.25, -0.2) is 4.68 Å². The lowest BCUT2D eigenvalue weighted by atomic mass is 10.1. The van der Waals surface area contributed by atoms with Crippen molar-refractivity contribution in [1.29, 1.82) is 0 Å². The summed E-state index contributed by atoms with van der Waals surface area (Å²) in [6.07, 6.45) is 1.61. The number of rotatable bonds is 8. The van der Waals surface area contributed by atoms with Gasteiger partial charge in [-0.3, -0.25) is 14.9 Å². The zero-order chi connectivity index (χ0) is 25.8. The summed E-state index contributed by atoms with van der Waals surface area (Å²) in [6.45, 7) is 5.89. The molecule has 0 saturated heterocycles. The summed E-state index contributed by atoms with van der Waals surface area (Å²) in [7, 11) is 0. The van der Waals surface area contributed by atoms with E-state index in [0.717, 1.165) is 16.7 Å². The zero-order valence-corrected chi connectivity index (χ0v) is 20.6. The number of aromatic nitrogens is 2. The van der Waals surface area contributed by atoms with Crippen LogP contribution in [-0.4, -0.2) is 20.6 Å². The number of nitrogens with one attached hydrogen (secondary N) is 1. The highest BCUT2D eigenvalue weighted by Crippen LogP contribution is 2.32. The predicted molar refractivity (Wildman–Crippen MR) is 136 cm³/mol. The minimum absolute atomic E-state index is 0.116. The van der Waals surface area contributed by atoms with Crippen LogP contribution in [0.25, 0.3) is 0 Å².